The molecule has 596 valence electrons. The summed E-state index contributed by atoms with van der Waals surface area (Å²) in [6, 6.07) is 0. The minimum Gasteiger partial charge on any atom is -0.481 e. The molecule has 21 saturated heterocycles. The summed E-state index contributed by atoms with van der Waals surface area (Å²) >= 11 is 1.73. The highest BCUT2D eigenvalue weighted by Gasteiger charge is 2.60. The van der Waals surface area contributed by atoms with Crippen LogP contribution >= 0.6 is 23.5 Å². The van der Waals surface area contributed by atoms with Crippen LogP contribution < -0.4 is 0 Å². The van der Waals surface area contributed by atoms with Gasteiger partial charge in [0.2, 0.25) is 0 Å². The van der Waals surface area contributed by atoms with Crippen molar-refractivity contribution >= 4 is 47.0 Å². The van der Waals surface area contributed by atoms with Crippen molar-refractivity contribution in [3.05, 3.63) is 0 Å². The molecule has 0 amide bonds. The molecule has 21 N–H and O–H groups in total. The second kappa shape index (κ2) is 40.0. The van der Waals surface area contributed by atoms with Gasteiger partial charge >= 0.3 is 11.9 Å². The van der Waals surface area contributed by atoms with Crippen LogP contribution in [-0.2, 0) is 95.0 Å². The summed E-state index contributed by atoms with van der Waals surface area (Å²) in [6.07, 6.45) is -72.7. The van der Waals surface area contributed by atoms with Crippen molar-refractivity contribution in [1.82, 2.24) is 0 Å². The number of carbonyl (C=O) groups excluding carboxylic acids is 2. The van der Waals surface area contributed by atoms with Crippen molar-refractivity contribution in [2.45, 2.75) is 254 Å². The maximum Gasteiger partial charge on any atom is 0.307 e. The van der Waals surface area contributed by atoms with E-state index >= 15 is 0 Å². The fourth-order valence-corrected chi connectivity index (χ4v) is 15.2. The number of aliphatic hydroxyl groups excluding tert-OH is 19. The van der Waals surface area contributed by atoms with Crippen molar-refractivity contribution < 1.29 is 202 Å². The van der Waals surface area contributed by atoms with Crippen LogP contribution in [-0.4, -0.2) is 428 Å². The Bertz CT molecular complexity index is 2610. The van der Waals surface area contributed by atoms with Gasteiger partial charge in [0, 0.05) is 42.3 Å². The fraction of sp³-hybridized carbons (Fsp3) is 0.933. The van der Waals surface area contributed by atoms with Gasteiger partial charge < -0.3 is 183 Å². The highest BCUT2D eigenvalue weighted by Crippen LogP contribution is 2.40. The molecule has 21 aliphatic heterocycles. The highest BCUT2D eigenvalue weighted by atomic mass is 32.2. The van der Waals surface area contributed by atoms with Crippen molar-refractivity contribution in [3.8, 4) is 0 Å². The lowest BCUT2D eigenvalue weighted by molar-refractivity contribution is -0.395. The Hall–Kier alpha value is -2.42. The Kier molecular flexibility index (Phi) is 33.5. The predicted octanol–water partition coefficient (Wildman–Crippen LogP) is -11.6. The minimum atomic E-state index is -2.31. The average Bonchev–Trinajstić information content (AvgIpc) is 0.785. The third kappa shape index (κ3) is 21.0. The van der Waals surface area contributed by atoms with Crippen molar-refractivity contribution in [3.63, 3.8) is 0 Å². The average molecular weight is 1540 g/mol. The van der Waals surface area contributed by atoms with Gasteiger partial charge in [0.15, 0.2) is 44.0 Å². The Balaban J connectivity index is 1.08. The van der Waals surface area contributed by atoms with Crippen LogP contribution in [0.2, 0.25) is 0 Å². The van der Waals surface area contributed by atoms with Gasteiger partial charge in [-0.1, -0.05) is 6.92 Å². The van der Waals surface area contributed by atoms with Crippen LogP contribution in [0.5, 0.6) is 0 Å². The van der Waals surface area contributed by atoms with Crippen LogP contribution in [0.4, 0.5) is 0 Å². The lowest BCUT2D eigenvalue weighted by Gasteiger charge is -2.50. The molecule has 37 atom stereocenters. The first kappa shape index (κ1) is 86.2. The summed E-state index contributed by atoms with van der Waals surface area (Å²) in [4.78, 5) is 48.8. The maximum atomic E-state index is 13.0. The van der Waals surface area contributed by atoms with E-state index < -0.39 is 290 Å². The van der Waals surface area contributed by atoms with Crippen LogP contribution in [0.15, 0.2) is 0 Å². The molecule has 0 aliphatic carbocycles. The van der Waals surface area contributed by atoms with Gasteiger partial charge in [0.1, 0.15) is 170 Å². The molecule has 0 aromatic carbocycles. The third-order valence-electron chi connectivity index (χ3n) is 18.8. The molecule has 0 saturated carbocycles. The summed E-state index contributed by atoms with van der Waals surface area (Å²) in [7, 11) is 0. The quantitative estimate of drug-likeness (QED) is 0.0340. The molecule has 0 radical (unpaired) electrons. The molecule has 43 heteroatoms. The van der Waals surface area contributed by atoms with Crippen LogP contribution in [0, 0.1) is 11.8 Å². The first-order chi connectivity index (χ1) is 49.0. The standard InChI is InChI=1S/C60H98O41S2/c1-3-21(52(82)83)16-102-18-29-50-36(73)43(80)59(93-29)98-48-27(14-64)89-55(39(76)32(48)69)95-45-24(11-61)88-54(38(75)31(45)68)96-46-26(13-63)92-58(42(79)35(46)72)101-51-30(19-103-17-22(53(84)85)10-23(67)5-7-87-9-8-86-6-4-20(2)66)94-60(44(81)37(51)74)99-49-28(15-65)90-56(40(77)33(49)70)97-47-25(12-62)91-57(100-50)41(78)34(47)71/h21-22,24-51,54-65,68-81H,3-19H2,1-2H3,(H,82,83)(H,84,85)/t21?,22?,24?,25?,26?,27?,28?,29?,30?,31-,32-,33-,34-,35-,36-,37-,38?,39?,40?,41?,42?,43?,44?,45-,46-,47-,48-,49-,50-,51-,54-,55+,56-,57-,58-,59+,60-/m1/s1. The number of aliphatic carboxylic acids is 2. The number of carboxylic acid groups (broad SMARTS) is 2. The maximum absolute atomic E-state index is 13.0. The summed E-state index contributed by atoms with van der Waals surface area (Å²) in [5.41, 5.74) is 0. The first-order valence-electron chi connectivity index (χ1n) is 33.5. The number of ether oxygens (including phenoxy) is 16. The molecule has 21 rings (SSSR count). The number of hydrogen-bond acceptors (Lipinski definition) is 41. The molecule has 14 bridgehead atoms. The Morgan fingerprint density at radius 3 is 0.796 bits per heavy atom. The number of Topliss-reactive ketones (excluding diaryl/α,β-unsaturated/α-hetero) is 2. The number of thioether (sulfide) groups is 2. The largest absolute Gasteiger partial charge is 0.481 e. The van der Waals surface area contributed by atoms with Gasteiger partial charge in [0.25, 0.3) is 0 Å². The summed E-state index contributed by atoms with van der Waals surface area (Å²) in [5.74, 6) is -6.75. The summed E-state index contributed by atoms with van der Waals surface area (Å²) < 4.78 is 93.4. The molecule has 21 fully saturated rings. The van der Waals surface area contributed by atoms with E-state index in [0.717, 1.165) is 23.5 Å². The lowest BCUT2D eigenvalue weighted by atomic mass is 9.95. The molecular weight excluding hydrogens is 1440 g/mol. The van der Waals surface area contributed by atoms with Gasteiger partial charge in [-0.05, 0) is 13.3 Å². The third-order valence-corrected chi connectivity index (χ3v) is 21.2. The molecular formula is C60H98O41S2. The molecule has 103 heavy (non-hydrogen) atoms. The van der Waals surface area contributed by atoms with E-state index in [-0.39, 0.29) is 68.7 Å². The van der Waals surface area contributed by atoms with E-state index in [1.54, 1.807) is 6.92 Å². The van der Waals surface area contributed by atoms with E-state index in [1.807, 2.05) is 0 Å². The SMILES string of the molecule is CCC(CSCC1O[C@H]2O[C@@H]3C(CO)O[C@@H](O[C@@H]4C(CO)O[C@H](O[C@@H]5C(CO)O[C@H](O[C@@H]6C(CSCC(CC(=O)CCOCCOCCC(C)=O)C(=O)O)O[C@H](O[C@@H]7C(CO)O[C@H](O[C@@H]8C(CO)O[C@H](O[C@H]1[C@H](O)C2O)C(O)[C@H]8O)C(O)[C@H]7O)C(O)[C@H]6O)C(O)[C@H]5O)C(O)[C@H]4O)C(O)[C@H]3O)C(=O)O. The molecule has 21 aliphatic rings. The number of ketones is 2. The van der Waals surface area contributed by atoms with E-state index in [1.165, 1.54) is 6.92 Å². The topological polar surface area (TPSA) is 641 Å². The smallest absolute Gasteiger partial charge is 0.307 e. The summed E-state index contributed by atoms with van der Waals surface area (Å²) in [5, 5.41) is 237. The number of carboxylic acids is 2. The van der Waals surface area contributed by atoms with Gasteiger partial charge in [-0.15, -0.1) is 0 Å². The number of aliphatic hydroxyl groups is 19. The predicted molar refractivity (Wildman–Crippen MR) is 333 cm³/mol. The Morgan fingerprint density at radius 1 is 0.330 bits per heavy atom. The molecule has 41 nitrogen and oxygen atoms in total. The second-order valence-corrected chi connectivity index (χ2v) is 28.2. The Labute approximate surface area is 596 Å². The van der Waals surface area contributed by atoms with Gasteiger partial charge in [-0.25, -0.2) is 0 Å². The van der Waals surface area contributed by atoms with E-state index in [9.17, 15) is 126 Å². The van der Waals surface area contributed by atoms with Crippen LogP contribution in [0.1, 0.15) is 39.5 Å². The molecule has 0 aromatic rings. The van der Waals surface area contributed by atoms with E-state index in [0.29, 0.717) is 0 Å². The Morgan fingerprint density at radius 2 is 0.563 bits per heavy atom. The zero-order valence-corrected chi connectivity index (χ0v) is 57.4. The lowest BCUT2D eigenvalue weighted by Crippen LogP contribution is -2.68. The van der Waals surface area contributed by atoms with Crippen LogP contribution in [0.3, 0.4) is 0 Å². The minimum absolute atomic E-state index is 0.0656. The first-order valence-corrected chi connectivity index (χ1v) is 35.8. The zero-order valence-electron chi connectivity index (χ0n) is 55.8. The normalized spacial score (nSPS) is 44.9. The fourth-order valence-electron chi connectivity index (χ4n) is 12.7. The van der Waals surface area contributed by atoms with Crippen molar-refractivity contribution in [2.24, 2.45) is 11.8 Å². The molecule has 16 unspecified atom stereocenters. The zero-order chi connectivity index (χ0) is 75.4. The van der Waals surface area contributed by atoms with E-state index in [4.69, 9.17) is 75.8 Å². The second-order valence-electron chi connectivity index (χ2n) is 26.0. The highest BCUT2D eigenvalue weighted by molar-refractivity contribution is 7.99. The molecule has 0 aromatic heterocycles. The molecule has 21 heterocycles. The van der Waals surface area contributed by atoms with Gasteiger partial charge in [-0.3, -0.25) is 19.2 Å². The summed E-state index contributed by atoms with van der Waals surface area (Å²) in [6.45, 7) is -2.28. The van der Waals surface area contributed by atoms with Crippen molar-refractivity contribution in [2.75, 3.05) is 82.5 Å². The number of rotatable bonds is 27. The van der Waals surface area contributed by atoms with Gasteiger partial charge in [-0.2, -0.15) is 23.5 Å². The molecule has 0 spiro atoms. The van der Waals surface area contributed by atoms with Gasteiger partial charge in [0.05, 0.1) is 83.5 Å². The van der Waals surface area contributed by atoms with E-state index in [2.05, 4.69) is 0 Å². The van der Waals surface area contributed by atoms with Crippen molar-refractivity contribution in [1.29, 1.82) is 0 Å². The number of hydrogen-bond donors (Lipinski definition) is 21. The monoisotopic (exact) mass is 1540 g/mol. The number of carbonyl (C=O) groups is 4. The van der Waals surface area contributed by atoms with Crippen LogP contribution in [0.25, 0.3) is 0 Å².